The number of carboxylic acids is 1. The smallest absolute Gasteiger partial charge is 0.308 e. The summed E-state index contributed by atoms with van der Waals surface area (Å²) in [5.41, 5.74) is 2.00. The maximum Gasteiger partial charge on any atom is 0.308 e. The topological polar surface area (TPSA) is 104 Å². The quantitative estimate of drug-likeness (QED) is 0.638. The maximum absolute atomic E-state index is 12.2. The third kappa shape index (κ3) is 5.34. The lowest BCUT2D eigenvalue weighted by Crippen LogP contribution is -2.34. The van der Waals surface area contributed by atoms with Gasteiger partial charge in [-0.05, 0) is 43.0 Å². The number of ether oxygens (including phenoxy) is 1. The summed E-state index contributed by atoms with van der Waals surface area (Å²) in [6.45, 7) is 6.50. The fraction of sp³-hybridized carbons (Fsp3) is 0.421. The Kier molecular flexibility index (Phi) is 6.77. The first-order valence-electron chi connectivity index (χ1n) is 8.68. The number of nitrogens with one attached hydrogen (secondary N) is 2. The van der Waals surface area contributed by atoms with Gasteiger partial charge in [-0.25, -0.2) is 0 Å². The Hall–Kier alpha value is -2.83. The van der Waals surface area contributed by atoms with Crippen molar-refractivity contribution in [2.75, 3.05) is 13.2 Å². The Morgan fingerprint density at radius 2 is 1.96 bits per heavy atom. The monoisotopic (exact) mass is 359 g/mol. The molecule has 0 fully saturated rings. The molecule has 1 unspecified atom stereocenters. The van der Waals surface area contributed by atoms with Gasteiger partial charge in [0, 0.05) is 12.2 Å². The number of carboxylic acid groups (broad SMARTS) is 1. The number of nitrogens with zero attached hydrogens (tertiary/aromatic N) is 1. The summed E-state index contributed by atoms with van der Waals surface area (Å²) in [7, 11) is 0. The molecule has 0 aliphatic carbocycles. The molecule has 0 aliphatic rings. The van der Waals surface area contributed by atoms with Gasteiger partial charge in [-0.2, -0.15) is 5.10 Å². The predicted molar refractivity (Wildman–Crippen MR) is 97.5 cm³/mol. The molecule has 26 heavy (non-hydrogen) atoms. The summed E-state index contributed by atoms with van der Waals surface area (Å²) in [4.78, 5) is 23.7. The molecule has 1 aromatic heterocycles. The number of aromatic amines is 1. The number of H-pyrrole nitrogens is 1. The number of benzene rings is 1. The van der Waals surface area contributed by atoms with Gasteiger partial charge in [-0.15, -0.1) is 0 Å². The molecule has 0 saturated carbocycles. The number of aliphatic carboxylic acids is 1. The van der Waals surface area contributed by atoms with Gasteiger partial charge >= 0.3 is 5.97 Å². The molecule has 2 aromatic rings. The minimum atomic E-state index is -0.955. The summed E-state index contributed by atoms with van der Waals surface area (Å²) < 4.78 is 5.38. The summed E-state index contributed by atoms with van der Waals surface area (Å²) in [6.07, 6.45) is 0.319. The third-order valence-corrected chi connectivity index (χ3v) is 4.03. The van der Waals surface area contributed by atoms with Crippen molar-refractivity contribution in [2.45, 2.75) is 33.1 Å². The first kappa shape index (κ1) is 19.5. The second-order valence-corrected chi connectivity index (χ2v) is 6.39. The van der Waals surface area contributed by atoms with Crippen LogP contribution < -0.4 is 10.1 Å². The van der Waals surface area contributed by atoms with Crippen LogP contribution in [0.25, 0.3) is 0 Å². The normalized spacial score (nSPS) is 12.0. The minimum Gasteiger partial charge on any atom is -0.494 e. The molecule has 3 N–H and O–H groups in total. The van der Waals surface area contributed by atoms with Crippen molar-refractivity contribution >= 4 is 11.9 Å². The van der Waals surface area contributed by atoms with Crippen LogP contribution in [0.15, 0.2) is 30.3 Å². The number of amides is 1. The van der Waals surface area contributed by atoms with Crippen LogP contribution in [-0.2, 0) is 11.2 Å². The van der Waals surface area contributed by atoms with E-state index in [1.54, 1.807) is 6.07 Å². The van der Waals surface area contributed by atoms with Crippen LogP contribution in [0.5, 0.6) is 5.75 Å². The van der Waals surface area contributed by atoms with Gasteiger partial charge in [0.05, 0.1) is 12.5 Å². The fourth-order valence-electron chi connectivity index (χ4n) is 2.47. The van der Waals surface area contributed by atoms with Crippen LogP contribution in [0, 0.1) is 5.92 Å². The number of rotatable bonds is 9. The van der Waals surface area contributed by atoms with Gasteiger partial charge in [0.15, 0.2) is 0 Å². The number of carbonyl (C=O) groups is 2. The van der Waals surface area contributed by atoms with E-state index in [4.69, 9.17) is 4.74 Å². The molecule has 0 bridgehead atoms. The van der Waals surface area contributed by atoms with E-state index >= 15 is 0 Å². The number of hydrogen-bond acceptors (Lipinski definition) is 4. The standard InChI is InChI=1S/C19H25N3O4/c1-4-26-15-7-5-13(6-8-15)9-14(19(24)25)11-20-18(23)17-10-16(12(2)3)21-22-17/h5-8,10,12,14H,4,9,11H2,1-3H3,(H,20,23)(H,21,22)(H,24,25). The fourth-order valence-corrected chi connectivity index (χ4v) is 2.47. The van der Waals surface area contributed by atoms with E-state index in [1.165, 1.54) is 0 Å². The lowest BCUT2D eigenvalue weighted by molar-refractivity contribution is -0.141. The first-order valence-corrected chi connectivity index (χ1v) is 8.68. The summed E-state index contributed by atoms with van der Waals surface area (Å²) >= 11 is 0. The Morgan fingerprint density at radius 3 is 2.50 bits per heavy atom. The van der Waals surface area contributed by atoms with Crippen molar-refractivity contribution in [2.24, 2.45) is 5.92 Å². The van der Waals surface area contributed by atoms with Crippen molar-refractivity contribution < 1.29 is 19.4 Å². The Labute approximate surface area is 152 Å². The molecular weight excluding hydrogens is 334 g/mol. The van der Waals surface area contributed by atoms with Crippen molar-refractivity contribution in [3.8, 4) is 5.75 Å². The van der Waals surface area contributed by atoms with Crippen LogP contribution in [0.1, 0.15) is 48.4 Å². The number of carbonyl (C=O) groups excluding carboxylic acids is 1. The third-order valence-electron chi connectivity index (χ3n) is 4.03. The Balaban J connectivity index is 1.94. The van der Waals surface area contributed by atoms with Crippen molar-refractivity contribution in [3.63, 3.8) is 0 Å². The second kappa shape index (κ2) is 9.03. The molecule has 2 rings (SSSR count). The Bertz CT molecular complexity index is 737. The van der Waals surface area contributed by atoms with Gasteiger partial charge in [-0.3, -0.25) is 14.7 Å². The van der Waals surface area contributed by atoms with E-state index < -0.39 is 11.9 Å². The molecule has 140 valence electrons. The van der Waals surface area contributed by atoms with Crippen molar-refractivity contribution in [1.29, 1.82) is 0 Å². The van der Waals surface area contributed by atoms with Gasteiger partial charge in [0.2, 0.25) is 0 Å². The molecule has 1 aromatic carbocycles. The van der Waals surface area contributed by atoms with Gasteiger partial charge in [-0.1, -0.05) is 26.0 Å². The van der Waals surface area contributed by atoms with Crippen molar-refractivity contribution in [1.82, 2.24) is 15.5 Å². The van der Waals surface area contributed by atoms with E-state index in [9.17, 15) is 14.7 Å². The van der Waals surface area contributed by atoms with Crippen LogP contribution in [0.3, 0.4) is 0 Å². The van der Waals surface area contributed by atoms with Gasteiger partial charge in [0.1, 0.15) is 11.4 Å². The lowest BCUT2D eigenvalue weighted by atomic mass is 9.99. The molecule has 7 heteroatoms. The molecule has 0 radical (unpaired) electrons. The SMILES string of the molecule is CCOc1ccc(CC(CNC(=O)c2cc(C(C)C)[nH]n2)C(=O)O)cc1. The van der Waals surface area contributed by atoms with E-state index in [1.807, 2.05) is 45.0 Å². The predicted octanol–water partition coefficient (Wildman–Crippen LogP) is 2.61. The van der Waals surface area contributed by atoms with E-state index in [0.29, 0.717) is 13.0 Å². The lowest BCUT2D eigenvalue weighted by Gasteiger charge is -2.13. The summed E-state index contributed by atoms with van der Waals surface area (Å²) in [5.74, 6) is -1.08. The van der Waals surface area contributed by atoms with Crippen LogP contribution in [0.2, 0.25) is 0 Å². The molecule has 1 atom stereocenters. The number of aromatic nitrogens is 2. The largest absolute Gasteiger partial charge is 0.494 e. The maximum atomic E-state index is 12.2. The molecule has 7 nitrogen and oxygen atoms in total. The van der Waals surface area contributed by atoms with E-state index in [2.05, 4.69) is 15.5 Å². The van der Waals surface area contributed by atoms with E-state index in [-0.39, 0.29) is 24.1 Å². The van der Waals surface area contributed by atoms with Crippen LogP contribution in [-0.4, -0.2) is 40.3 Å². The average Bonchev–Trinajstić information content (AvgIpc) is 3.10. The van der Waals surface area contributed by atoms with Crippen LogP contribution in [0.4, 0.5) is 0 Å². The highest BCUT2D eigenvalue weighted by molar-refractivity contribution is 5.92. The molecule has 1 heterocycles. The highest BCUT2D eigenvalue weighted by Gasteiger charge is 2.20. The molecular formula is C19H25N3O4. The molecule has 0 aliphatic heterocycles. The number of hydrogen-bond donors (Lipinski definition) is 3. The van der Waals surface area contributed by atoms with Gasteiger partial charge in [0.25, 0.3) is 5.91 Å². The van der Waals surface area contributed by atoms with Gasteiger partial charge < -0.3 is 15.2 Å². The van der Waals surface area contributed by atoms with Crippen molar-refractivity contribution in [3.05, 3.63) is 47.3 Å². The van der Waals surface area contributed by atoms with E-state index in [0.717, 1.165) is 17.0 Å². The zero-order chi connectivity index (χ0) is 19.1. The summed E-state index contributed by atoms with van der Waals surface area (Å²) in [5, 5.41) is 18.9. The average molecular weight is 359 g/mol. The summed E-state index contributed by atoms with van der Waals surface area (Å²) in [6, 6.07) is 8.99. The Morgan fingerprint density at radius 1 is 1.27 bits per heavy atom. The first-order chi connectivity index (χ1) is 12.4. The molecule has 0 spiro atoms. The zero-order valence-electron chi connectivity index (χ0n) is 15.3. The highest BCUT2D eigenvalue weighted by Crippen LogP contribution is 2.16. The highest BCUT2D eigenvalue weighted by atomic mass is 16.5. The zero-order valence-corrected chi connectivity index (χ0v) is 15.3. The molecule has 0 saturated heterocycles. The molecule has 1 amide bonds. The van der Waals surface area contributed by atoms with Crippen LogP contribution >= 0.6 is 0 Å². The second-order valence-electron chi connectivity index (χ2n) is 6.39. The minimum absolute atomic E-state index is 0.0330.